The topological polar surface area (TPSA) is 63.7 Å². The fourth-order valence-corrected chi connectivity index (χ4v) is 3.19. The molecule has 148 valence electrons. The van der Waals surface area contributed by atoms with Gasteiger partial charge in [0, 0.05) is 30.7 Å². The fraction of sp³-hybridized carbons (Fsp3) is 0.208. The van der Waals surface area contributed by atoms with E-state index in [1.807, 2.05) is 72.8 Å². The standard InChI is InChI=1S/C24H23NO4/c1-29-23(27)13-12-22(26)25-16-20(14-18-8-4-2-5-9-18)24(28)21(17-25)15-19-10-6-3-7-11-19/h2-11,14-15H,12-13,16-17H2,1H3/b20-14-,21-15-. The van der Waals surface area contributed by atoms with E-state index in [0.717, 1.165) is 11.1 Å². The minimum Gasteiger partial charge on any atom is -0.469 e. The molecule has 0 N–H and O–H groups in total. The number of amides is 1. The van der Waals surface area contributed by atoms with Gasteiger partial charge in [-0.05, 0) is 23.3 Å². The average Bonchev–Trinajstić information content (AvgIpc) is 2.75. The van der Waals surface area contributed by atoms with Crippen LogP contribution in [0.4, 0.5) is 0 Å². The molecule has 2 aromatic rings. The van der Waals surface area contributed by atoms with Gasteiger partial charge in [0.05, 0.1) is 13.5 Å². The van der Waals surface area contributed by atoms with E-state index in [1.54, 1.807) is 4.90 Å². The number of piperidine rings is 1. The number of ether oxygens (including phenoxy) is 1. The van der Waals surface area contributed by atoms with Crippen molar-refractivity contribution in [2.45, 2.75) is 12.8 Å². The Kier molecular flexibility index (Phi) is 6.74. The predicted molar refractivity (Wildman–Crippen MR) is 112 cm³/mol. The van der Waals surface area contributed by atoms with Crippen LogP contribution in [0.25, 0.3) is 12.2 Å². The van der Waals surface area contributed by atoms with Gasteiger partial charge in [0.1, 0.15) is 0 Å². The maximum atomic E-state index is 13.1. The number of benzene rings is 2. The zero-order valence-electron chi connectivity index (χ0n) is 16.3. The Labute approximate surface area is 170 Å². The number of carbonyl (C=O) groups is 3. The molecule has 0 saturated carbocycles. The average molecular weight is 389 g/mol. The molecule has 1 amide bonds. The molecule has 1 aliphatic rings. The van der Waals surface area contributed by atoms with Gasteiger partial charge in [-0.3, -0.25) is 14.4 Å². The molecule has 0 bridgehead atoms. The fourth-order valence-electron chi connectivity index (χ4n) is 3.19. The second-order valence-corrected chi connectivity index (χ2v) is 6.82. The molecule has 1 heterocycles. The highest BCUT2D eigenvalue weighted by Gasteiger charge is 2.29. The third-order valence-electron chi connectivity index (χ3n) is 4.71. The Morgan fingerprint density at radius 2 is 1.34 bits per heavy atom. The van der Waals surface area contributed by atoms with Crippen LogP contribution in [0.1, 0.15) is 24.0 Å². The Hall–Kier alpha value is -3.47. The third-order valence-corrected chi connectivity index (χ3v) is 4.71. The van der Waals surface area contributed by atoms with Crippen LogP contribution in [0.15, 0.2) is 71.8 Å². The number of hydrogen-bond donors (Lipinski definition) is 0. The predicted octanol–water partition coefficient (Wildman–Crippen LogP) is 3.52. The van der Waals surface area contributed by atoms with Gasteiger partial charge in [-0.15, -0.1) is 0 Å². The Bertz CT molecular complexity index is 884. The molecule has 0 spiro atoms. The van der Waals surface area contributed by atoms with Gasteiger partial charge < -0.3 is 9.64 Å². The lowest BCUT2D eigenvalue weighted by atomic mass is 9.94. The van der Waals surface area contributed by atoms with Gasteiger partial charge in [0.2, 0.25) is 5.91 Å². The van der Waals surface area contributed by atoms with Crippen molar-refractivity contribution < 1.29 is 19.1 Å². The van der Waals surface area contributed by atoms with Crippen molar-refractivity contribution in [3.8, 4) is 0 Å². The van der Waals surface area contributed by atoms with Crippen LogP contribution in [0.5, 0.6) is 0 Å². The molecule has 0 unspecified atom stereocenters. The largest absolute Gasteiger partial charge is 0.469 e. The van der Waals surface area contributed by atoms with E-state index in [1.165, 1.54) is 7.11 Å². The summed E-state index contributed by atoms with van der Waals surface area (Å²) >= 11 is 0. The van der Waals surface area contributed by atoms with Gasteiger partial charge in [-0.1, -0.05) is 60.7 Å². The van der Waals surface area contributed by atoms with E-state index in [9.17, 15) is 14.4 Å². The first-order valence-electron chi connectivity index (χ1n) is 9.47. The summed E-state index contributed by atoms with van der Waals surface area (Å²) in [7, 11) is 1.30. The highest BCUT2D eigenvalue weighted by Crippen LogP contribution is 2.23. The lowest BCUT2D eigenvalue weighted by Gasteiger charge is -2.30. The number of methoxy groups -OCH3 is 1. The molecule has 1 saturated heterocycles. The highest BCUT2D eigenvalue weighted by atomic mass is 16.5. The summed E-state index contributed by atoms with van der Waals surface area (Å²) in [6.07, 6.45) is 3.72. The molecule has 2 aromatic carbocycles. The molecular formula is C24H23NO4. The Balaban J connectivity index is 1.89. The molecule has 29 heavy (non-hydrogen) atoms. The number of nitrogens with zero attached hydrogens (tertiary/aromatic N) is 1. The molecule has 5 nitrogen and oxygen atoms in total. The minimum atomic E-state index is -0.425. The van der Waals surface area contributed by atoms with E-state index in [4.69, 9.17) is 0 Å². The van der Waals surface area contributed by atoms with E-state index in [0.29, 0.717) is 11.1 Å². The quantitative estimate of drug-likeness (QED) is 0.580. The minimum absolute atomic E-state index is 0.0231. The normalized spacial score (nSPS) is 16.9. The van der Waals surface area contributed by atoms with Crippen LogP contribution in [-0.4, -0.2) is 42.8 Å². The molecule has 1 fully saturated rings. The Morgan fingerprint density at radius 1 is 0.862 bits per heavy atom. The van der Waals surface area contributed by atoms with E-state index >= 15 is 0 Å². The first kappa shape index (κ1) is 20.3. The maximum Gasteiger partial charge on any atom is 0.306 e. The van der Waals surface area contributed by atoms with Crippen LogP contribution < -0.4 is 0 Å². The summed E-state index contributed by atoms with van der Waals surface area (Å²) in [5.41, 5.74) is 2.91. The van der Waals surface area contributed by atoms with Crippen LogP contribution in [-0.2, 0) is 19.1 Å². The smallest absolute Gasteiger partial charge is 0.306 e. The third kappa shape index (κ3) is 5.51. The maximum absolute atomic E-state index is 13.1. The van der Waals surface area contributed by atoms with Gasteiger partial charge >= 0.3 is 5.97 Å². The molecular weight excluding hydrogens is 366 g/mol. The monoisotopic (exact) mass is 389 g/mol. The molecule has 1 aliphatic heterocycles. The van der Waals surface area contributed by atoms with Gasteiger partial charge in [-0.2, -0.15) is 0 Å². The summed E-state index contributed by atoms with van der Waals surface area (Å²) in [4.78, 5) is 38.8. The van der Waals surface area contributed by atoms with Gasteiger partial charge in [-0.25, -0.2) is 0 Å². The number of carbonyl (C=O) groups excluding carboxylic acids is 3. The summed E-state index contributed by atoms with van der Waals surface area (Å²) in [5.74, 6) is -0.665. The molecule has 0 aliphatic carbocycles. The Morgan fingerprint density at radius 3 is 1.79 bits per heavy atom. The first-order chi connectivity index (χ1) is 14.1. The van der Waals surface area contributed by atoms with Crippen LogP contribution in [0, 0.1) is 0 Å². The second-order valence-electron chi connectivity index (χ2n) is 6.82. The lowest BCUT2D eigenvalue weighted by molar-refractivity contribution is -0.143. The number of Topliss-reactive ketones (excluding diaryl/α,β-unsaturated/α-hetero) is 1. The van der Waals surface area contributed by atoms with Crippen molar-refractivity contribution in [2.75, 3.05) is 20.2 Å². The SMILES string of the molecule is COC(=O)CCC(=O)N1C/C(=C/c2ccccc2)C(=O)/C(=C\c2ccccc2)C1. The zero-order valence-corrected chi connectivity index (χ0v) is 16.3. The number of hydrogen-bond acceptors (Lipinski definition) is 4. The van der Waals surface area contributed by atoms with Gasteiger partial charge in [0.15, 0.2) is 5.78 Å². The zero-order chi connectivity index (χ0) is 20.6. The molecule has 5 heteroatoms. The summed E-state index contributed by atoms with van der Waals surface area (Å²) in [6, 6.07) is 19.1. The van der Waals surface area contributed by atoms with Crippen molar-refractivity contribution in [2.24, 2.45) is 0 Å². The van der Waals surface area contributed by atoms with Gasteiger partial charge in [0.25, 0.3) is 0 Å². The second kappa shape index (κ2) is 9.64. The van der Waals surface area contributed by atoms with E-state index in [2.05, 4.69) is 4.74 Å². The lowest BCUT2D eigenvalue weighted by Crippen LogP contribution is -2.41. The summed E-state index contributed by atoms with van der Waals surface area (Å²) in [5, 5.41) is 0. The summed E-state index contributed by atoms with van der Waals surface area (Å²) in [6.45, 7) is 0.444. The molecule has 0 aromatic heterocycles. The molecule has 3 rings (SSSR count). The summed E-state index contributed by atoms with van der Waals surface area (Å²) < 4.78 is 4.62. The molecule has 0 atom stereocenters. The van der Waals surface area contributed by atoms with Crippen LogP contribution in [0.2, 0.25) is 0 Å². The van der Waals surface area contributed by atoms with Crippen molar-refractivity contribution in [3.05, 3.63) is 82.9 Å². The van der Waals surface area contributed by atoms with E-state index in [-0.39, 0.29) is 37.6 Å². The van der Waals surface area contributed by atoms with Crippen molar-refractivity contribution >= 4 is 29.8 Å². The number of esters is 1. The van der Waals surface area contributed by atoms with Crippen LogP contribution >= 0.6 is 0 Å². The van der Waals surface area contributed by atoms with E-state index < -0.39 is 5.97 Å². The first-order valence-corrected chi connectivity index (χ1v) is 9.47. The van der Waals surface area contributed by atoms with Crippen molar-refractivity contribution in [1.29, 1.82) is 0 Å². The van der Waals surface area contributed by atoms with Crippen LogP contribution in [0.3, 0.4) is 0 Å². The highest BCUT2D eigenvalue weighted by molar-refractivity contribution is 6.15. The number of likely N-dealkylation sites (tertiary alicyclic amines) is 1. The number of ketones is 1. The van der Waals surface area contributed by atoms with Crippen molar-refractivity contribution in [1.82, 2.24) is 4.90 Å². The van der Waals surface area contributed by atoms with Crippen molar-refractivity contribution in [3.63, 3.8) is 0 Å². The number of rotatable bonds is 5. The molecule has 0 radical (unpaired) electrons.